The van der Waals surface area contributed by atoms with Crippen LogP contribution in [0.25, 0.3) is 39.0 Å². The molecule has 5 aromatic rings. The maximum atomic E-state index is 4.04. The predicted octanol–water partition coefficient (Wildman–Crippen LogP) is 9.83. The predicted molar refractivity (Wildman–Crippen MR) is 162 cm³/mol. The minimum absolute atomic E-state index is 0.291. The van der Waals surface area contributed by atoms with Crippen molar-refractivity contribution in [1.29, 1.82) is 0 Å². The Morgan fingerprint density at radius 1 is 0.526 bits per heavy atom. The van der Waals surface area contributed by atoms with Crippen LogP contribution in [0.3, 0.4) is 0 Å². The average Bonchev–Trinajstić information content (AvgIpc) is 3.46. The highest BCUT2D eigenvalue weighted by Crippen LogP contribution is 2.64. The third-order valence-electron chi connectivity index (χ3n) is 8.63. The second-order valence-corrected chi connectivity index (χ2v) is 11.6. The Morgan fingerprint density at radius 2 is 1.11 bits per heavy atom. The summed E-state index contributed by atoms with van der Waals surface area (Å²) in [5, 5.41) is 0. The molecule has 5 aromatic carbocycles. The Balaban J connectivity index is 1.40. The van der Waals surface area contributed by atoms with Crippen LogP contribution in [-0.2, 0) is 5.41 Å². The molecule has 0 saturated heterocycles. The van der Waals surface area contributed by atoms with Crippen LogP contribution in [-0.4, -0.2) is 4.83 Å². The van der Waals surface area contributed by atoms with E-state index < -0.39 is 0 Å². The zero-order valence-electron chi connectivity index (χ0n) is 20.9. The molecule has 0 bridgehead atoms. The lowest BCUT2D eigenvalue weighted by Crippen LogP contribution is -2.27. The Labute approximate surface area is 232 Å². The summed E-state index contributed by atoms with van der Waals surface area (Å²) in [6, 6.07) is 44.8. The summed E-state index contributed by atoms with van der Waals surface area (Å²) < 4.78 is 0. The van der Waals surface area contributed by atoms with Gasteiger partial charge in [0.05, 0.1) is 5.41 Å². The number of hydrogen-bond acceptors (Lipinski definition) is 0. The highest BCUT2D eigenvalue weighted by atomic mass is 79.9. The van der Waals surface area contributed by atoms with Crippen LogP contribution in [0.2, 0.25) is 0 Å². The highest BCUT2D eigenvalue weighted by Gasteiger charge is 2.53. The van der Waals surface area contributed by atoms with Crippen LogP contribution >= 0.6 is 15.9 Å². The molecule has 0 amide bonds. The minimum Gasteiger partial charge on any atom is -0.0835 e. The van der Waals surface area contributed by atoms with E-state index in [1.165, 1.54) is 66.8 Å². The van der Waals surface area contributed by atoms with E-state index in [1.54, 1.807) is 0 Å². The van der Waals surface area contributed by atoms with Crippen LogP contribution in [0.4, 0.5) is 0 Å². The summed E-state index contributed by atoms with van der Waals surface area (Å²) in [6.45, 7) is 0. The van der Waals surface area contributed by atoms with Gasteiger partial charge in [-0.2, -0.15) is 0 Å². The first-order chi connectivity index (χ1) is 18.8. The number of halogens is 1. The Hall–Kier alpha value is -3.94. The van der Waals surface area contributed by atoms with Crippen molar-refractivity contribution < 1.29 is 0 Å². The van der Waals surface area contributed by atoms with Gasteiger partial charge in [-0.15, -0.1) is 0 Å². The lowest BCUT2D eigenvalue weighted by atomic mass is 9.69. The van der Waals surface area contributed by atoms with E-state index in [0.717, 1.165) is 6.42 Å². The van der Waals surface area contributed by atoms with Crippen LogP contribution in [0.1, 0.15) is 28.7 Å². The van der Waals surface area contributed by atoms with Crippen molar-refractivity contribution in [2.75, 3.05) is 0 Å². The molecule has 3 aliphatic carbocycles. The summed E-state index contributed by atoms with van der Waals surface area (Å²) in [5.74, 6) is 0. The molecule has 8 rings (SSSR count). The normalized spacial score (nSPS) is 20.3. The van der Waals surface area contributed by atoms with Crippen LogP contribution in [0.5, 0.6) is 0 Å². The van der Waals surface area contributed by atoms with Gasteiger partial charge in [0, 0.05) is 4.83 Å². The molecule has 2 unspecified atom stereocenters. The molecule has 1 spiro atoms. The van der Waals surface area contributed by atoms with Gasteiger partial charge in [-0.25, -0.2) is 0 Å². The quantitative estimate of drug-likeness (QED) is 0.192. The van der Waals surface area contributed by atoms with Crippen LogP contribution in [0, 0.1) is 0 Å². The molecule has 0 radical (unpaired) electrons. The smallest absolute Gasteiger partial charge is 0.0722 e. The van der Waals surface area contributed by atoms with E-state index in [9.17, 15) is 0 Å². The van der Waals surface area contributed by atoms with E-state index in [4.69, 9.17) is 0 Å². The van der Waals surface area contributed by atoms with Crippen molar-refractivity contribution in [2.45, 2.75) is 16.7 Å². The third kappa shape index (κ3) is 2.86. The Morgan fingerprint density at radius 3 is 1.89 bits per heavy atom. The Bertz CT molecular complexity index is 1790. The summed E-state index contributed by atoms with van der Waals surface area (Å²) in [6.07, 6.45) is 5.77. The standard InChI is InChI=1S/C37H25Br/c38-34-19-9-18-33-36(34)29-13-5-7-16-31(29)37(33)30-15-6-4-12-28(30)35-27(14-8-17-32(35)37)26-22-20-25(21-23-26)24-10-2-1-3-11-24/h1-18,20-23,34H,19H2. The molecule has 0 heterocycles. The number of hydrogen-bond donors (Lipinski definition) is 0. The first-order valence-electron chi connectivity index (χ1n) is 13.3. The number of alkyl halides is 1. The summed E-state index contributed by atoms with van der Waals surface area (Å²) in [4.78, 5) is 0.327. The molecule has 38 heavy (non-hydrogen) atoms. The monoisotopic (exact) mass is 548 g/mol. The first kappa shape index (κ1) is 22.1. The maximum absolute atomic E-state index is 4.04. The molecule has 2 atom stereocenters. The number of fused-ring (bicyclic) bond motifs is 9. The largest absolute Gasteiger partial charge is 0.0835 e. The van der Waals surface area contributed by atoms with Gasteiger partial charge in [0.15, 0.2) is 0 Å². The molecule has 0 aromatic heterocycles. The molecule has 180 valence electrons. The van der Waals surface area contributed by atoms with Gasteiger partial charge in [0.1, 0.15) is 0 Å². The molecule has 0 fully saturated rings. The van der Waals surface area contributed by atoms with Crippen molar-refractivity contribution in [3.63, 3.8) is 0 Å². The second-order valence-electron chi connectivity index (χ2n) is 10.4. The van der Waals surface area contributed by atoms with Gasteiger partial charge < -0.3 is 0 Å². The van der Waals surface area contributed by atoms with Crippen molar-refractivity contribution in [3.05, 3.63) is 161 Å². The van der Waals surface area contributed by atoms with E-state index in [2.05, 4.69) is 149 Å². The number of benzene rings is 5. The lowest BCUT2D eigenvalue weighted by molar-refractivity contribution is 0.781. The Kier molecular flexibility index (Phi) is 4.81. The summed E-state index contributed by atoms with van der Waals surface area (Å²) >= 11 is 4.04. The topological polar surface area (TPSA) is 0 Å². The summed E-state index contributed by atoms with van der Waals surface area (Å²) in [5.41, 5.74) is 15.9. The zero-order chi connectivity index (χ0) is 25.3. The third-order valence-corrected chi connectivity index (χ3v) is 9.46. The first-order valence-corrected chi connectivity index (χ1v) is 14.2. The molecular formula is C37H25Br. The van der Waals surface area contributed by atoms with Crippen molar-refractivity contribution in [1.82, 2.24) is 0 Å². The van der Waals surface area contributed by atoms with Gasteiger partial charge in [-0.3, -0.25) is 0 Å². The summed E-state index contributed by atoms with van der Waals surface area (Å²) in [7, 11) is 0. The van der Waals surface area contributed by atoms with Crippen molar-refractivity contribution >= 4 is 21.5 Å². The average molecular weight is 550 g/mol. The molecule has 0 saturated carbocycles. The molecule has 1 heteroatoms. The van der Waals surface area contributed by atoms with E-state index in [1.807, 2.05) is 0 Å². The lowest BCUT2D eigenvalue weighted by Gasteiger charge is -2.32. The molecule has 0 aliphatic heterocycles. The SMILES string of the molecule is BrC1CC=CC2=C1c1ccccc1C21c2ccccc2-c2c(-c3ccc(-c4ccccc4)cc3)cccc21. The minimum atomic E-state index is -0.291. The molecule has 0 N–H and O–H groups in total. The molecule has 3 aliphatic rings. The van der Waals surface area contributed by atoms with Crippen molar-refractivity contribution in [2.24, 2.45) is 0 Å². The fourth-order valence-electron chi connectivity index (χ4n) is 7.13. The zero-order valence-corrected chi connectivity index (χ0v) is 22.5. The fraction of sp³-hybridized carbons (Fsp3) is 0.0811. The van der Waals surface area contributed by atoms with Crippen LogP contribution in [0.15, 0.2) is 139 Å². The van der Waals surface area contributed by atoms with Gasteiger partial charge >= 0.3 is 0 Å². The van der Waals surface area contributed by atoms with E-state index >= 15 is 0 Å². The van der Waals surface area contributed by atoms with Gasteiger partial charge in [-0.05, 0) is 73.2 Å². The number of allylic oxidation sites excluding steroid dienone is 4. The van der Waals surface area contributed by atoms with Gasteiger partial charge in [0.25, 0.3) is 0 Å². The molecular weight excluding hydrogens is 524 g/mol. The van der Waals surface area contributed by atoms with Gasteiger partial charge in [0.2, 0.25) is 0 Å². The van der Waals surface area contributed by atoms with Gasteiger partial charge in [-0.1, -0.05) is 149 Å². The maximum Gasteiger partial charge on any atom is 0.0722 e. The van der Waals surface area contributed by atoms with E-state index in [-0.39, 0.29) is 5.41 Å². The van der Waals surface area contributed by atoms with Crippen molar-refractivity contribution in [3.8, 4) is 33.4 Å². The fourth-order valence-corrected chi connectivity index (χ4v) is 7.84. The number of rotatable bonds is 2. The highest BCUT2D eigenvalue weighted by molar-refractivity contribution is 9.09. The van der Waals surface area contributed by atoms with Crippen LogP contribution < -0.4 is 0 Å². The van der Waals surface area contributed by atoms with E-state index in [0.29, 0.717) is 4.83 Å². The second kappa shape index (κ2) is 8.28. The molecule has 0 nitrogen and oxygen atoms in total.